The molecule has 0 amide bonds. The molecule has 5 heterocycles. The van der Waals surface area contributed by atoms with Crippen LogP contribution in [0.3, 0.4) is 0 Å². The van der Waals surface area contributed by atoms with Gasteiger partial charge in [-0.05, 0) is 28.8 Å². The van der Waals surface area contributed by atoms with Gasteiger partial charge in [0.15, 0.2) is 43.5 Å². The summed E-state index contributed by atoms with van der Waals surface area (Å²) in [5, 5.41) is 97.5. The first-order chi connectivity index (χ1) is 46.5. The summed E-state index contributed by atoms with van der Waals surface area (Å²) in [5.74, 6) is -3.08. The summed E-state index contributed by atoms with van der Waals surface area (Å²) < 4.78 is 79.1. The van der Waals surface area contributed by atoms with E-state index in [4.69, 9.17) is 124 Å². The van der Waals surface area contributed by atoms with Crippen LogP contribution in [0.1, 0.15) is 90.0 Å². The number of carbonyl (C=O) groups excluding carboxylic acids is 7. The van der Waals surface area contributed by atoms with Gasteiger partial charge < -0.3 is 133 Å². The average Bonchev–Trinajstić information content (AvgIpc) is 0.835. The Morgan fingerprint density at radius 3 is 1.00 bits per heavy atom. The molecule has 0 aromatic heterocycles. The van der Waals surface area contributed by atoms with Crippen LogP contribution in [0.4, 0.5) is 0 Å². The average molecular weight is 1550 g/mol. The zero-order valence-electron chi connectivity index (χ0n) is 59.5. The van der Waals surface area contributed by atoms with Crippen LogP contribution in [0, 0.1) is 35.5 Å². The summed E-state index contributed by atoms with van der Waals surface area (Å²) in [5.41, 5.74) is 29.8. The SMILES string of the molecule is CC(=O)OCC1OC(OC(C)=O)C(OC(C)=O)C(C)C1C.CC(=O)OCC1OC(OCCBr)C(OC(C)=O)C(C)C1C.CC(=O)OCC1OC(OCCN=[N+]=[N-])C(OC(C)=O)C(C)C1C.C[O-].OCC1OC(O)C(O)C(O)C1O.[N-]=[N+]=NCCOC1OC(CO)C(O)C(O)C1O.[N-]=[N+]=[N-].[Na+].[Na+]. The van der Waals surface area contributed by atoms with Crippen LogP contribution < -0.4 is 64.2 Å². The molecule has 0 aromatic carbocycles. The number of aliphatic hydroxyl groups excluding tert-OH is 9. The number of carbonyl (C=O) groups is 7. The van der Waals surface area contributed by atoms with Gasteiger partial charge in [0, 0.05) is 94.5 Å². The second kappa shape index (κ2) is 57.3. The van der Waals surface area contributed by atoms with Gasteiger partial charge in [-0.2, -0.15) is 7.11 Å². The molecule has 5 fully saturated rings. The molecule has 9 N–H and O–H groups in total. The van der Waals surface area contributed by atoms with Gasteiger partial charge in [0.05, 0.1) is 51.3 Å². The molecule has 0 aromatic rings. The predicted octanol–water partition coefficient (Wildman–Crippen LogP) is -6.52. The second-order valence-electron chi connectivity index (χ2n) is 22.2. The largest absolute Gasteiger partial charge is 1.00 e. The van der Waals surface area contributed by atoms with Crippen LogP contribution in [-0.4, -0.2) is 283 Å². The molecule has 25 atom stereocenters. The maximum Gasteiger partial charge on any atom is 1.00 e. The van der Waals surface area contributed by atoms with E-state index in [-0.39, 0.29) is 165 Å². The van der Waals surface area contributed by atoms with Gasteiger partial charge in [-0.25, -0.2) is 0 Å². The Hall–Kier alpha value is -4.02. The number of rotatable bonds is 23. The van der Waals surface area contributed by atoms with Crippen LogP contribution >= 0.6 is 15.9 Å². The Morgan fingerprint density at radius 1 is 0.406 bits per heavy atom. The van der Waals surface area contributed by atoms with E-state index in [0.717, 1.165) is 7.11 Å². The molecular formula is C57H98BrN9Na2O32. The van der Waals surface area contributed by atoms with Crippen LogP contribution in [0.25, 0.3) is 36.9 Å². The van der Waals surface area contributed by atoms with Gasteiger partial charge in [0.25, 0.3) is 0 Å². The minimum absolute atomic E-state index is 0. The van der Waals surface area contributed by atoms with Crippen LogP contribution in [-0.2, 0) is 105 Å². The number of esters is 7. The Bertz CT molecular complexity index is 2510. The first-order valence-electron chi connectivity index (χ1n) is 30.7. The van der Waals surface area contributed by atoms with E-state index in [9.17, 15) is 48.9 Å². The number of azide groups is 2. The number of aliphatic hydroxyl groups is 9. The van der Waals surface area contributed by atoms with Gasteiger partial charge >= 0.3 is 101 Å². The second-order valence-corrected chi connectivity index (χ2v) is 23.0. The van der Waals surface area contributed by atoms with Crippen molar-refractivity contribution in [3.05, 3.63) is 36.9 Å². The van der Waals surface area contributed by atoms with Crippen LogP contribution in [0.2, 0.25) is 0 Å². The summed E-state index contributed by atoms with van der Waals surface area (Å²) in [4.78, 5) is 84.5. The standard InChI is InChI=1S/C14H23BrO6.C14H23N3O6.C14H22O7.C8H15N3O6.C6H12O6.CH3O.N3.2Na/c1-8-9(2)13(20-11(4)17)14(18-6-5-15)21-12(8)7-19-10(3)16;1-8-9(2)13(22-11(4)19)14(20-6-5-16-17-15)23-12(8)7-21-10(3)18;1-7-8(2)13(19-10(4)16)14(20-11(5)17)21-12(7)6-18-9(3)15;9-11-10-1-2-16-8-7(15)6(14)5(13)4(3-12)17-8;7-1-2-3(8)4(9)5(10)6(11)12-2;1-2;1-3-2;;/h8-9,12-14H,5-7H2,1-4H3;8-9,12-14H,5-7H2,1-4H3;7-8,12-14H,6H2,1-5H3;4-8,12-15H,1-3H2;2-11H,1H2;1H3;;;/q;;;;;2*-1;2*+1. The van der Waals surface area contributed by atoms with Crippen molar-refractivity contribution in [3.8, 4) is 0 Å². The van der Waals surface area contributed by atoms with E-state index in [2.05, 4.69) is 40.7 Å². The monoisotopic (exact) mass is 1550 g/mol. The van der Waals surface area contributed by atoms with E-state index in [1.807, 2.05) is 41.5 Å². The summed E-state index contributed by atoms with van der Waals surface area (Å²) in [6.07, 6.45) is -18.8. The van der Waals surface area contributed by atoms with Gasteiger partial charge in [0.2, 0.25) is 6.29 Å². The summed E-state index contributed by atoms with van der Waals surface area (Å²) in [6.45, 7) is 20.8. The molecule has 5 aliphatic heterocycles. The van der Waals surface area contributed by atoms with Gasteiger partial charge in [-0.3, -0.25) is 38.5 Å². The van der Waals surface area contributed by atoms with Crippen molar-refractivity contribution in [1.82, 2.24) is 0 Å². The van der Waals surface area contributed by atoms with Crippen molar-refractivity contribution in [2.45, 2.75) is 207 Å². The van der Waals surface area contributed by atoms with Crippen molar-refractivity contribution in [2.24, 2.45) is 45.7 Å². The summed E-state index contributed by atoms with van der Waals surface area (Å²) in [6, 6.07) is 0. The van der Waals surface area contributed by atoms with Crippen molar-refractivity contribution in [3.63, 3.8) is 0 Å². The topological polar surface area (TPSA) is 619 Å². The Balaban J connectivity index is -0.000000576. The number of ether oxygens (including phenoxy) is 15. The van der Waals surface area contributed by atoms with Crippen molar-refractivity contribution >= 4 is 57.7 Å². The molecule has 0 aliphatic carbocycles. The van der Waals surface area contributed by atoms with Crippen molar-refractivity contribution < 1.29 is 215 Å². The van der Waals surface area contributed by atoms with Crippen molar-refractivity contribution in [2.75, 3.05) is 78.4 Å². The maximum atomic E-state index is 11.3. The number of alkyl halides is 1. The van der Waals surface area contributed by atoms with E-state index < -0.39 is 148 Å². The molecule has 0 bridgehead atoms. The zero-order chi connectivity index (χ0) is 76.4. The molecule has 5 aliphatic rings. The first kappa shape index (κ1) is 103. The molecule has 572 valence electrons. The minimum atomic E-state index is -1.57. The van der Waals surface area contributed by atoms with E-state index >= 15 is 0 Å². The Labute approximate surface area is 636 Å². The minimum Gasteiger partial charge on any atom is -0.857 e. The normalized spacial score (nSPS) is 32.6. The molecule has 5 rings (SSSR count). The third kappa shape index (κ3) is 39.2. The fraction of sp³-hybridized carbons (Fsp3) is 0.877. The fourth-order valence-corrected chi connectivity index (χ4v) is 9.68. The quantitative estimate of drug-likeness (QED) is 0.00671. The van der Waals surface area contributed by atoms with Crippen LogP contribution in [0.15, 0.2) is 10.2 Å². The molecule has 0 radical (unpaired) electrons. The van der Waals surface area contributed by atoms with E-state index in [1.54, 1.807) is 0 Å². The molecule has 41 nitrogen and oxygen atoms in total. The third-order valence-electron chi connectivity index (χ3n) is 15.2. The maximum absolute atomic E-state index is 11.3. The molecule has 44 heteroatoms. The van der Waals surface area contributed by atoms with E-state index in [1.165, 1.54) is 53.4 Å². The molecule has 0 saturated carbocycles. The molecule has 101 heavy (non-hydrogen) atoms. The number of halogens is 1. The number of hydrogen-bond donors (Lipinski definition) is 9. The molecule has 25 unspecified atom stereocenters. The zero-order valence-corrected chi connectivity index (χ0v) is 65.1. The fourth-order valence-electron chi connectivity index (χ4n) is 9.50. The van der Waals surface area contributed by atoms with E-state index in [0.29, 0.717) is 11.9 Å². The molecule has 5 saturated heterocycles. The molecular weight excluding hydrogens is 1450 g/mol. The predicted molar refractivity (Wildman–Crippen MR) is 335 cm³/mol. The van der Waals surface area contributed by atoms with Gasteiger partial charge in [-0.1, -0.05) is 67.7 Å². The smallest absolute Gasteiger partial charge is 0.857 e. The van der Waals surface area contributed by atoms with Crippen molar-refractivity contribution in [1.29, 1.82) is 0 Å². The summed E-state index contributed by atoms with van der Waals surface area (Å²) in [7, 11) is 0.750. The summed E-state index contributed by atoms with van der Waals surface area (Å²) >= 11 is 3.28. The first-order valence-corrected chi connectivity index (χ1v) is 31.8. The Morgan fingerprint density at radius 2 is 0.693 bits per heavy atom. The number of hydrogen-bond acceptors (Lipinski definition) is 34. The third-order valence-corrected chi connectivity index (χ3v) is 15.5. The van der Waals surface area contributed by atoms with Gasteiger partial charge in [-0.15, -0.1) is 0 Å². The molecule has 0 spiro atoms. The Kier molecular flexibility index (Phi) is 58.6. The number of nitrogens with zero attached hydrogens (tertiary/aromatic N) is 9. The van der Waals surface area contributed by atoms with Crippen LogP contribution in [0.5, 0.6) is 0 Å². The van der Waals surface area contributed by atoms with Gasteiger partial charge in [0.1, 0.15) is 68.7 Å².